The Morgan fingerprint density at radius 1 is 1.40 bits per heavy atom. The Kier molecular flexibility index (Phi) is 4.11. The van der Waals surface area contributed by atoms with E-state index in [1.807, 2.05) is 0 Å². The summed E-state index contributed by atoms with van der Waals surface area (Å²) in [4.78, 5) is 13.6. The molecule has 0 bridgehead atoms. The van der Waals surface area contributed by atoms with E-state index >= 15 is 0 Å². The van der Waals surface area contributed by atoms with E-state index in [9.17, 15) is 4.79 Å². The Morgan fingerprint density at radius 3 is 2.33 bits per heavy atom. The molecule has 0 aromatic rings. The predicted molar refractivity (Wildman–Crippen MR) is 61.5 cm³/mol. The standard InChI is InChI=1S/C11H23N3O/c1-11(2,3)14-6-4-9(5-7-14)13-10(15)8-12/h9H,4-8,12H2,1-3H3,(H,13,15). The molecular formula is C11H23N3O. The van der Waals surface area contributed by atoms with Crippen LogP contribution in [-0.2, 0) is 4.79 Å². The van der Waals surface area contributed by atoms with Gasteiger partial charge in [-0.05, 0) is 33.6 Å². The second-order valence-electron chi connectivity index (χ2n) is 5.20. The van der Waals surface area contributed by atoms with Crippen molar-refractivity contribution in [1.29, 1.82) is 0 Å². The number of nitrogens with two attached hydrogens (primary N) is 1. The zero-order valence-corrected chi connectivity index (χ0v) is 10.0. The molecule has 1 saturated heterocycles. The molecule has 0 radical (unpaired) electrons. The number of nitrogens with zero attached hydrogens (tertiary/aromatic N) is 1. The second-order valence-corrected chi connectivity index (χ2v) is 5.20. The molecule has 0 atom stereocenters. The first-order valence-corrected chi connectivity index (χ1v) is 5.68. The van der Waals surface area contributed by atoms with Crippen LogP contribution in [0.4, 0.5) is 0 Å². The van der Waals surface area contributed by atoms with E-state index in [1.165, 1.54) is 0 Å². The van der Waals surface area contributed by atoms with Crippen molar-refractivity contribution in [2.24, 2.45) is 5.73 Å². The van der Waals surface area contributed by atoms with Gasteiger partial charge in [0, 0.05) is 24.7 Å². The Balaban J connectivity index is 2.33. The minimum absolute atomic E-state index is 0.0378. The van der Waals surface area contributed by atoms with E-state index in [0.29, 0.717) is 6.04 Å². The maximum atomic E-state index is 11.1. The van der Waals surface area contributed by atoms with Gasteiger partial charge in [0.25, 0.3) is 0 Å². The summed E-state index contributed by atoms with van der Waals surface area (Å²) >= 11 is 0. The van der Waals surface area contributed by atoms with Crippen LogP contribution in [0.2, 0.25) is 0 Å². The van der Waals surface area contributed by atoms with Crippen LogP contribution in [0.15, 0.2) is 0 Å². The molecule has 1 aliphatic rings. The normalized spacial score (nSPS) is 20.3. The van der Waals surface area contributed by atoms with Gasteiger partial charge in [-0.3, -0.25) is 9.69 Å². The van der Waals surface area contributed by atoms with Crippen molar-refractivity contribution < 1.29 is 4.79 Å². The molecule has 0 aromatic heterocycles. The van der Waals surface area contributed by atoms with Crippen LogP contribution in [0.3, 0.4) is 0 Å². The summed E-state index contributed by atoms with van der Waals surface area (Å²) in [6.45, 7) is 8.89. The van der Waals surface area contributed by atoms with Crippen molar-refractivity contribution in [2.45, 2.75) is 45.2 Å². The fraction of sp³-hybridized carbons (Fsp3) is 0.909. The van der Waals surface area contributed by atoms with Crippen LogP contribution in [0, 0.1) is 0 Å². The van der Waals surface area contributed by atoms with E-state index in [0.717, 1.165) is 25.9 Å². The summed E-state index contributed by atoms with van der Waals surface area (Å²) in [5.74, 6) is -0.0378. The van der Waals surface area contributed by atoms with Crippen LogP contribution >= 0.6 is 0 Å². The number of carbonyl (C=O) groups excluding carboxylic acids is 1. The molecule has 3 N–H and O–H groups in total. The first-order chi connectivity index (χ1) is 6.93. The summed E-state index contributed by atoms with van der Waals surface area (Å²) in [6, 6.07) is 0.319. The molecule has 15 heavy (non-hydrogen) atoms. The third-order valence-corrected chi connectivity index (χ3v) is 2.99. The monoisotopic (exact) mass is 213 g/mol. The molecule has 0 aromatic carbocycles. The van der Waals surface area contributed by atoms with Crippen LogP contribution in [0.25, 0.3) is 0 Å². The van der Waals surface area contributed by atoms with Crippen LogP contribution in [0.1, 0.15) is 33.6 Å². The molecule has 0 aliphatic carbocycles. The van der Waals surface area contributed by atoms with Crippen molar-refractivity contribution in [3.05, 3.63) is 0 Å². The molecule has 4 nitrogen and oxygen atoms in total. The summed E-state index contributed by atoms with van der Waals surface area (Å²) in [7, 11) is 0. The molecule has 0 spiro atoms. The van der Waals surface area contributed by atoms with Gasteiger partial charge >= 0.3 is 0 Å². The number of nitrogens with one attached hydrogen (secondary N) is 1. The van der Waals surface area contributed by atoms with Gasteiger partial charge in [0.2, 0.25) is 5.91 Å². The number of carbonyl (C=O) groups is 1. The van der Waals surface area contributed by atoms with Gasteiger partial charge in [-0.25, -0.2) is 0 Å². The van der Waals surface area contributed by atoms with E-state index in [1.54, 1.807) is 0 Å². The third-order valence-electron chi connectivity index (χ3n) is 2.99. The van der Waals surface area contributed by atoms with E-state index < -0.39 is 0 Å². The van der Waals surface area contributed by atoms with Crippen molar-refractivity contribution in [3.8, 4) is 0 Å². The maximum absolute atomic E-state index is 11.1. The summed E-state index contributed by atoms with van der Waals surface area (Å²) in [6.07, 6.45) is 2.06. The second kappa shape index (κ2) is 4.94. The molecule has 88 valence electrons. The Hall–Kier alpha value is -0.610. The Labute approximate surface area is 92.2 Å². The first-order valence-electron chi connectivity index (χ1n) is 5.68. The average molecular weight is 213 g/mol. The largest absolute Gasteiger partial charge is 0.352 e. The van der Waals surface area contributed by atoms with Gasteiger partial charge in [0.1, 0.15) is 0 Å². The first kappa shape index (κ1) is 12.5. The predicted octanol–water partition coefficient (Wildman–Crippen LogP) is 0.324. The van der Waals surface area contributed by atoms with E-state index in [4.69, 9.17) is 5.73 Å². The summed E-state index contributed by atoms with van der Waals surface area (Å²) in [5.41, 5.74) is 5.50. The minimum atomic E-state index is -0.0378. The molecule has 1 amide bonds. The zero-order chi connectivity index (χ0) is 11.5. The number of rotatable bonds is 2. The average Bonchev–Trinajstić information content (AvgIpc) is 2.17. The summed E-state index contributed by atoms with van der Waals surface area (Å²) < 4.78 is 0. The lowest BCUT2D eigenvalue weighted by Gasteiger charge is -2.41. The lowest BCUT2D eigenvalue weighted by molar-refractivity contribution is -0.120. The van der Waals surface area contributed by atoms with E-state index in [-0.39, 0.29) is 18.0 Å². The molecule has 1 rings (SSSR count). The number of hydrogen-bond donors (Lipinski definition) is 2. The highest BCUT2D eigenvalue weighted by Crippen LogP contribution is 2.19. The third kappa shape index (κ3) is 3.80. The highest BCUT2D eigenvalue weighted by Gasteiger charge is 2.27. The molecular weight excluding hydrogens is 190 g/mol. The zero-order valence-electron chi connectivity index (χ0n) is 10.0. The molecule has 1 aliphatic heterocycles. The fourth-order valence-corrected chi connectivity index (χ4v) is 1.98. The number of hydrogen-bond acceptors (Lipinski definition) is 3. The van der Waals surface area contributed by atoms with Crippen LogP contribution < -0.4 is 11.1 Å². The number of amides is 1. The van der Waals surface area contributed by atoms with E-state index in [2.05, 4.69) is 31.0 Å². The maximum Gasteiger partial charge on any atom is 0.233 e. The Bertz CT molecular complexity index is 214. The van der Waals surface area contributed by atoms with Gasteiger partial charge in [-0.1, -0.05) is 0 Å². The highest BCUT2D eigenvalue weighted by molar-refractivity contribution is 5.78. The highest BCUT2D eigenvalue weighted by atomic mass is 16.1. The number of likely N-dealkylation sites (tertiary alicyclic amines) is 1. The van der Waals surface area contributed by atoms with Crippen molar-refractivity contribution in [1.82, 2.24) is 10.2 Å². The lowest BCUT2D eigenvalue weighted by Crippen LogP contribution is -2.51. The minimum Gasteiger partial charge on any atom is -0.352 e. The lowest BCUT2D eigenvalue weighted by atomic mass is 9.98. The van der Waals surface area contributed by atoms with Crippen molar-refractivity contribution in [3.63, 3.8) is 0 Å². The van der Waals surface area contributed by atoms with Gasteiger partial charge in [0.05, 0.1) is 6.54 Å². The Morgan fingerprint density at radius 2 is 1.93 bits per heavy atom. The van der Waals surface area contributed by atoms with Gasteiger partial charge in [-0.15, -0.1) is 0 Å². The SMILES string of the molecule is CC(C)(C)N1CCC(NC(=O)CN)CC1. The van der Waals surface area contributed by atoms with Gasteiger partial charge in [0.15, 0.2) is 0 Å². The topological polar surface area (TPSA) is 58.4 Å². The van der Waals surface area contributed by atoms with Crippen molar-refractivity contribution >= 4 is 5.91 Å². The van der Waals surface area contributed by atoms with Crippen LogP contribution in [0.5, 0.6) is 0 Å². The van der Waals surface area contributed by atoms with Crippen LogP contribution in [-0.4, -0.2) is 42.0 Å². The molecule has 0 saturated carbocycles. The van der Waals surface area contributed by atoms with Crippen molar-refractivity contribution in [2.75, 3.05) is 19.6 Å². The molecule has 1 heterocycles. The fourth-order valence-electron chi connectivity index (χ4n) is 1.98. The summed E-state index contributed by atoms with van der Waals surface area (Å²) in [5, 5.41) is 2.95. The quantitative estimate of drug-likeness (QED) is 0.695. The van der Waals surface area contributed by atoms with Gasteiger partial charge < -0.3 is 11.1 Å². The molecule has 1 fully saturated rings. The number of piperidine rings is 1. The molecule has 0 unspecified atom stereocenters. The molecule has 4 heteroatoms. The van der Waals surface area contributed by atoms with Gasteiger partial charge in [-0.2, -0.15) is 0 Å². The smallest absolute Gasteiger partial charge is 0.233 e.